The number of sulfonamides is 1. The first-order chi connectivity index (χ1) is 17.8. The standard InChI is InChI=1S/C28H31N3O5S.ClH/c32-27(24-8-4-7-23(18-24)22-13-15-29-16-14-22)30-25-11-9-20(10-12-25)17-26(28(33)34)31-37(35,36)19-21-5-2-1-3-6-21;/h1-12,18,22,26,29,31H,13-17,19H2,(H,30,32)(H,33,34);1H. The SMILES string of the molecule is Cl.O=C(Nc1ccc(CC(NS(=O)(=O)Cc2ccccc2)C(=O)O)cc1)c1cccc(C2CCNCC2)c1. The Hall–Kier alpha value is -3.24. The van der Waals surface area contributed by atoms with Gasteiger partial charge < -0.3 is 15.7 Å². The van der Waals surface area contributed by atoms with E-state index in [1.54, 1.807) is 60.7 Å². The molecule has 1 amide bonds. The zero-order chi connectivity index (χ0) is 26.3. The van der Waals surface area contributed by atoms with Crippen LogP contribution in [-0.2, 0) is 27.0 Å². The van der Waals surface area contributed by atoms with E-state index in [0.717, 1.165) is 25.9 Å². The molecule has 38 heavy (non-hydrogen) atoms. The lowest BCUT2D eigenvalue weighted by atomic mass is 9.89. The summed E-state index contributed by atoms with van der Waals surface area (Å²) < 4.78 is 27.3. The molecule has 0 aromatic heterocycles. The number of aliphatic carboxylic acids is 1. The quantitative estimate of drug-likeness (QED) is 0.299. The van der Waals surface area contributed by atoms with Gasteiger partial charge in [-0.2, -0.15) is 0 Å². The third-order valence-corrected chi connectivity index (χ3v) is 7.79. The average Bonchev–Trinajstić information content (AvgIpc) is 2.90. The highest BCUT2D eigenvalue weighted by Gasteiger charge is 2.25. The minimum absolute atomic E-state index is 0. The van der Waals surface area contributed by atoms with E-state index in [1.165, 1.54) is 5.56 Å². The molecule has 1 aliphatic rings. The molecule has 1 heterocycles. The molecule has 3 aromatic rings. The molecule has 0 radical (unpaired) electrons. The molecule has 10 heteroatoms. The molecule has 1 atom stereocenters. The number of nitrogens with one attached hydrogen (secondary N) is 3. The molecule has 8 nitrogen and oxygen atoms in total. The molecule has 0 saturated carbocycles. The fourth-order valence-corrected chi connectivity index (χ4v) is 5.82. The Morgan fingerprint density at radius 2 is 1.61 bits per heavy atom. The van der Waals surface area contributed by atoms with Crippen molar-refractivity contribution < 1.29 is 23.1 Å². The predicted octanol–water partition coefficient (Wildman–Crippen LogP) is 3.94. The summed E-state index contributed by atoms with van der Waals surface area (Å²) in [5.74, 6) is -1.34. The van der Waals surface area contributed by atoms with Crippen LogP contribution >= 0.6 is 12.4 Å². The monoisotopic (exact) mass is 557 g/mol. The van der Waals surface area contributed by atoms with Crippen molar-refractivity contribution in [3.8, 4) is 0 Å². The van der Waals surface area contributed by atoms with E-state index >= 15 is 0 Å². The van der Waals surface area contributed by atoms with Crippen LogP contribution < -0.4 is 15.4 Å². The second-order valence-corrected chi connectivity index (χ2v) is 11.0. The highest BCUT2D eigenvalue weighted by Crippen LogP contribution is 2.26. The van der Waals surface area contributed by atoms with Crippen LogP contribution in [0, 0.1) is 0 Å². The van der Waals surface area contributed by atoms with E-state index in [0.29, 0.717) is 28.3 Å². The Morgan fingerprint density at radius 1 is 0.921 bits per heavy atom. The Balaban J connectivity index is 0.00000400. The van der Waals surface area contributed by atoms with Gasteiger partial charge in [0.05, 0.1) is 5.75 Å². The lowest BCUT2D eigenvalue weighted by Gasteiger charge is -2.23. The summed E-state index contributed by atoms with van der Waals surface area (Å²) in [7, 11) is -3.86. The minimum atomic E-state index is -3.86. The Bertz CT molecular complexity index is 1330. The number of carboxylic acid groups (broad SMARTS) is 1. The summed E-state index contributed by atoms with van der Waals surface area (Å²) in [4.78, 5) is 24.6. The number of rotatable bonds is 10. The minimum Gasteiger partial charge on any atom is -0.480 e. The zero-order valence-electron chi connectivity index (χ0n) is 20.8. The summed E-state index contributed by atoms with van der Waals surface area (Å²) in [5, 5.41) is 15.8. The summed E-state index contributed by atoms with van der Waals surface area (Å²) in [5.41, 5.74) is 3.51. The van der Waals surface area contributed by atoms with Gasteiger partial charge >= 0.3 is 5.97 Å². The van der Waals surface area contributed by atoms with E-state index in [9.17, 15) is 23.1 Å². The fraction of sp³-hybridized carbons (Fsp3) is 0.286. The summed E-state index contributed by atoms with van der Waals surface area (Å²) >= 11 is 0. The third kappa shape index (κ3) is 8.39. The number of halogens is 1. The van der Waals surface area contributed by atoms with Crippen LogP contribution in [0.25, 0.3) is 0 Å². The van der Waals surface area contributed by atoms with Crippen LogP contribution in [0.2, 0.25) is 0 Å². The molecular formula is C28H32ClN3O5S. The average molecular weight is 558 g/mol. The maximum absolute atomic E-state index is 12.8. The number of anilines is 1. The maximum atomic E-state index is 12.8. The smallest absolute Gasteiger partial charge is 0.322 e. The van der Waals surface area contributed by atoms with Gasteiger partial charge in [0.2, 0.25) is 10.0 Å². The molecule has 0 aliphatic carbocycles. The normalized spacial score (nSPS) is 14.7. The van der Waals surface area contributed by atoms with Gasteiger partial charge in [-0.1, -0.05) is 54.6 Å². The first-order valence-electron chi connectivity index (χ1n) is 12.3. The van der Waals surface area contributed by atoms with Gasteiger partial charge in [-0.3, -0.25) is 9.59 Å². The molecule has 4 N–H and O–H groups in total. The van der Waals surface area contributed by atoms with Crippen LogP contribution in [0.4, 0.5) is 5.69 Å². The Morgan fingerprint density at radius 3 is 2.26 bits per heavy atom. The number of carbonyl (C=O) groups is 2. The van der Waals surface area contributed by atoms with Crippen LogP contribution in [0.1, 0.15) is 45.8 Å². The van der Waals surface area contributed by atoms with Gasteiger partial charge in [0, 0.05) is 11.3 Å². The van der Waals surface area contributed by atoms with E-state index in [1.807, 2.05) is 12.1 Å². The largest absolute Gasteiger partial charge is 0.480 e. The lowest BCUT2D eigenvalue weighted by Crippen LogP contribution is -2.42. The van der Waals surface area contributed by atoms with Crippen molar-refractivity contribution in [3.05, 3.63) is 101 Å². The maximum Gasteiger partial charge on any atom is 0.322 e. The van der Waals surface area contributed by atoms with Crippen molar-refractivity contribution in [2.75, 3.05) is 18.4 Å². The van der Waals surface area contributed by atoms with Crippen molar-refractivity contribution in [2.45, 2.75) is 37.0 Å². The van der Waals surface area contributed by atoms with Gasteiger partial charge in [0.1, 0.15) is 6.04 Å². The van der Waals surface area contributed by atoms with Gasteiger partial charge in [-0.15, -0.1) is 12.4 Å². The first-order valence-corrected chi connectivity index (χ1v) is 13.9. The summed E-state index contributed by atoms with van der Waals surface area (Å²) in [6.45, 7) is 1.95. The number of hydrogen-bond acceptors (Lipinski definition) is 5. The van der Waals surface area contributed by atoms with Gasteiger partial charge in [0.25, 0.3) is 5.91 Å². The highest BCUT2D eigenvalue weighted by molar-refractivity contribution is 7.88. The third-order valence-electron chi connectivity index (χ3n) is 6.43. The van der Waals surface area contributed by atoms with Gasteiger partial charge in [0.15, 0.2) is 0 Å². The topological polar surface area (TPSA) is 125 Å². The van der Waals surface area contributed by atoms with E-state index < -0.39 is 22.0 Å². The number of amides is 1. The number of piperidine rings is 1. The first kappa shape index (κ1) is 29.3. The lowest BCUT2D eigenvalue weighted by molar-refractivity contribution is -0.138. The van der Waals surface area contributed by atoms with E-state index in [4.69, 9.17) is 0 Å². The van der Waals surface area contributed by atoms with Crippen molar-refractivity contribution in [3.63, 3.8) is 0 Å². The molecule has 0 spiro atoms. The zero-order valence-corrected chi connectivity index (χ0v) is 22.4. The molecule has 3 aromatic carbocycles. The van der Waals surface area contributed by atoms with Crippen molar-refractivity contribution >= 4 is 40.0 Å². The second kappa shape index (κ2) is 13.5. The molecule has 202 valence electrons. The van der Waals surface area contributed by atoms with E-state index in [-0.39, 0.29) is 30.5 Å². The van der Waals surface area contributed by atoms with Crippen LogP contribution in [0.5, 0.6) is 0 Å². The van der Waals surface area contributed by atoms with Crippen molar-refractivity contribution in [1.29, 1.82) is 0 Å². The number of carboxylic acids is 1. The van der Waals surface area contributed by atoms with Crippen molar-refractivity contribution in [2.24, 2.45) is 0 Å². The second-order valence-electron chi connectivity index (χ2n) is 9.26. The molecule has 4 rings (SSSR count). The highest BCUT2D eigenvalue weighted by atomic mass is 35.5. The molecule has 0 bridgehead atoms. The molecule has 1 unspecified atom stereocenters. The van der Waals surface area contributed by atoms with Crippen LogP contribution in [-0.4, -0.2) is 44.5 Å². The Labute approximate surface area is 229 Å². The molecule has 1 saturated heterocycles. The van der Waals surface area contributed by atoms with Gasteiger partial charge in [-0.05, 0) is 79.2 Å². The Kier molecular flexibility index (Phi) is 10.4. The predicted molar refractivity (Wildman–Crippen MR) is 150 cm³/mol. The summed E-state index contributed by atoms with van der Waals surface area (Å²) in [6.07, 6.45) is 2.06. The van der Waals surface area contributed by atoms with Crippen molar-refractivity contribution in [1.82, 2.24) is 10.0 Å². The molecular weight excluding hydrogens is 526 g/mol. The number of carbonyl (C=O) groups excluding carboxylic acids is 1. The van der Waals surface area contributed by atoms with E-state index in [2.05, 4.69) is 21.4 Å². The number of benzene rings is 3. The van der Waals surface area contributed by atoms with Crippen LogP contribution in [0.3, 0.4) is 0 Å². The molecule has 1 fully saturated rings. The molecule has 1 aliphatic heterocycles. The van der Waals surface area contributed by atoms with Crippen LogP contribution in [0.15, 0.2) is 78.9 Å². The van der Waals surface area contributed by atoms with Gasteiger partial charge in [-0.25, -0.2) is 13.1 Å². The summed E-state index contributed by atoms with van der Waals surface area (Å²) in [6, 6.07) is 21.7. The number of hydrogen-bond donors (Lipinski definition) is 4. The fourth-order valence-electron chi connectivity index (χ4n) is 4.48.